The predicted octanol–water partition coefficient (Wildman–Crippen LogP) is 2.22. The summed E-state index contributed by atoms with van der Waals surface area (Å²) in [5.74, 6) is -2.77. The summed E-state index contributed by atoms with van der Waals surface area (Å²) < 4.78 is 22.7. The molecule has 0 fully saturated rings. The molecule has 0 aliphatic heterocycles. The Labute approximate surface area is 102 Å². The third kappa shape index (κ3) is 2.97. The highest BCUT2D eigenvalue weighted by Gasteiger charge is 2.18. The first kappa shape index (κ1) is 8.58. The van der Waals surface area contributed by atoms with Crippen LogP contribution in [-0.2, 0) is 4.79 Å². The highest BCUT2D eigenvalue weighted by Crippen LogP contribution is 2.20. The molecule has 1 unspecified atom stereocenters. The van der Waals surface area contributed by atoms with Gasteiger partial charge in [0.2, 0.25) is 0 Å². The normalized spacial score (nSPS) is 14.8. The van der Waals surface area contributed by atoms with E-state index in [1.165, 1.54) is 6.92 Å². The number of nitrogens with two attached hydrogens (primary N) is 1. The Hall–Kier alpha value is -1.55. The van der Waals surface area contributed by atoms with E-state index < -0.39 is 35.8 Å². The van der Waals surface area contributed by atoms with Crippen molar-refractivity contribution in [1.82, 2.24) is 0 Å². The zero-order chi connectivity index (χ0) is 14.9. The van der Waals surface area contributed by atoms with E-state index in [9.17, 15) is 9.59 Å². The Bertz CT molecular complexity index is 534. The Morgan fingerprint density at radius 1 is 1.62 bits per heavy atom. The van der Waals surface area contributed by atoms with Crippen molar-refractivity contribution in [2.45, 2.75) is 13.3 Å². The third-order valence-electron chi connectivity index (χ3n) is 2.00. The van der Waals surface area contributed by atoms with Gasteiger partial charge in [0.15, 0.2) is 5.78 Å². The first-order valence-electron chi connectivity index (χ1n) is 5.99. The van der Waals surface area contributed by atoms with Crippen molar-refractivity contribution in [1.29, 1.82) is 0 Å². The Morgan fingerprint density at radius 3 is 2.81 bits per heavy atom. The van der Waals surface area contributed by atoms with Crippen LogP contribution in [-0.4, -0.2) is 16.9 Å². The van der Waals surface area contributed by atoms with Crippen molar-refractivity contribution in [3.63, 3.8) is 0 Å². The smallest absolute Gasteiger partial charge is 0.306 e. The molecule has 0 aromatic heterocycles. The van der Waals surface area contributed by atoms with Crippen LogP contribution in [0.2, 0.25) is 5.02 Å². The SMILES string of the molecule is [2H]c1c([2H])c(C(=O)CC(C)C(=O)O)c(N)c([2H])c1Cl. The molecule has 0 saturated carbocycles. The monoisotopic (exact) mass is 244 g/mol. The predicted molar refractivity (Wildman–Crippen MR) is 61.6 cm³/mol. The zero-order valence-corrected chi connectivity index (χ0v) is 9.26. The molecule has 0 aliphatic carbocycles. The number of hydrogen-bond acceptors (Lipinski definition) is 3. The van der Waals surface area contributed by atoms with E-state index in [4.69, 9.17) is 26.6 Å². The summed E-state index contributed by atoms with van der Waals surface area (Å²) in [4.78, 5) is 22.6. The van der Waals surface area contributed by atoms with E-state index in [-0.39, 0.29) is 22.7 Å². The Morgan fingerprint density at radius 2 is 2.25 bits per heavy atom. The molecule has 0 saturated heterocycles. The van der Waals surface area contributed by atoms with Gasteiger partial charge in [0, 0.05) is 22.7 Å². The minimum absolute atomic E-state index is 0.298. The van der Waals surface area contributed by atoms with Gasteiger partial charge in [0.25, 0.3) is 0 Å². The molecule has 0 amide bonds. The highest BCUT2D eigenvalue weighted by atomic mass is 35.5. The number of carbonyl (C=O) groups is 2. The van der Waals surface area contributed by atoms with Gasteiger partial charge in [0.1, 0.15) is 0 Å². The van der Waals surface area contributed by atoms with Crippen molar-refractivity contribution >= 4 is 29.0 Å². The average Bonchev–Trinajstić information content (AvgIpc) is 2.34. The fourth-order valence-corrected chi connectivity index (χ4v) is 1.23. The summed E-state index contributed by atoms with van der Waals surface area (Å²) in [6.07, 6.45) is -0.355. The molecule has 0 bridgehead atoms. The summed E-state index contributed by atoms with van der Waals surface area (Å²) in [6, 6.07) is -1.35. The van der Waals surface area contributed by atoms with E-state index in [0.717, 1.165) is 0 Å². The molecular weight excluding hydrogens is 230 g/mol. The second-order valence-electron chi connectivity index (χ2n) is 3.34. The van der Waals surface area contributed by atoms with Crippen LogP contribution in [0.4, 0.5) is 5.69 Å². The molecule has 0 aliphatic rings. The minimum Gasteiger partial charge on any atom is -0.481 e. The van der Waals surface area contributed by atoms with Gasteiger partial charge in [-0.3, -0.25) is 9.59 Å². The molecule has 5 heteroatoms. The fourth-order valence-electron chi connectivity index (χ4n) is 1.08. The molecule has 1 aromatic carbocycles. The number of ketones is 1. The molecule has 0 radical (unpaired) electrons. The maximum absolute atomic E-state index is 11.9. The molecule has 1 rings (SSSR count). The number of halogens is 1. The highest BCUT2D eigenvalue weighted by molar-refractivity contribution is 6.31. The first-order chi connectivity index (χ1) is 8.68. The molecule has 3 N–H and O–H groups in total. The van der Waals surface area contributed by atoms with Crippen LogP contribution in [0.25, 0.3) is 0 Å². The molecule has 16 heavy (non-hydrogen) atoms. The molecule has 0 heterocycles. The molecule has 86 valence electrons. The lowest BCUT2D eigenvalue weighted by Gasteiger charge is -2.07. The number of hydrogen-bond donors (Lipinski definition) is 2. The van der Waals surface area contributed by atoms with E-state index >= 15 is 0 Å². The summed E-state index contributed by atoms with van der Waals surface area (Å²) >= 11 is 5.64. The van der Waals surface area contributed by atoms with Crippen molar-refractivity contribution < 1.29 is 18.8 Å². The summed E-state index contributed by atoms with van der Waals surface area (Å²) in [7, 11) is 0. The van der Waals surface area contributed by atoms with Gasteiger partial charge in [-0.05, 0) is 18.1 Å². The van der Waals surface area contributed by atoms with Gasteiger partial charge in [-0.2, -0.15) is 0 Å². The van der Waals surface area contributed by atoms with Crippen molar-refractivity contribution in [2.24, 2.45) is 5.92 Å². The number of nitrogen functional groups attached to an aromatic ring is 1. The van der Waals surface area contributed by atoms with E-state index in [0.29, 0.717) is 0 Å². The second kappa shape index (κ2) is 4.99. The van der Waals surface area contributed by atoms with Crippen molar-refractivity contribution in [2.75, 3.05) is 5.73 Å². The van der Waals surface area contributed by atoms with Crippen LogP contribution >= 0.6 is 11.6 Å². The van der Waals surface area contributed by atoms with Crippen LogP contribution < -0.4 is 5.73 Å². The first-order valence-corrected chi connectivity index (χ1v) is 4.87. The van der Waals surface area contributed by atoms with Gasteiger partial charge in [-0.1, -0.05) is 18.5 Å². The van der Waals surface area contributed by atoms with Gasteiger partial charge >= 0.3 is 5.97 Å². The lowest BCUT2D eigenvalue weighted by molar-refractivity contribution is -0.141. The quantitative estimate of drug-likeness (QED) is 0.629. The fraction of sp³-hybridized carbons (Fsp3) is 0.273. The van der Waals surface area contributed by atoms with Crippen LogP contribution in [0.5, 0.6) is 0 Å². The Balaban J connectivity index is 3.28. The number of benzene rings is 1. The van der Waals surface area contributed by atoms with Gasteiger partial charge in [-0.25, -0.2) is 0 Å². The maximum atomic E-state index is 11.9. The number of rotatable bonds is 4. The lowest BCUT2D eigenvalue weighted by atomic mass is 9.99. The number of carbonyl (C=O) groups excluding carboxylic acids is 1. The van der Waals surface area contributed by atoms with Crippen LogP contribution in [0, 0.1) is 5.92 Å². The summed E-state index contributed by atoms with van der Waals surface area (Å²) in [6.45, 7) is 1.35. The average molecular weight is 245 g/mol. The van der Waals surface area contributed by atoms with Crippen molar-refractivity contribution in [3.05, 3.63) is 28.7 Å². The van der Waals surface area contributed by atoms with Gasteiger partial charge in [-0.15, -0.1) is 0 Å². The molecular formula is C11H12ClNO3. The summed E-state index contributed by atoms with van der Waals surface area (Å²) in [5.41, 5.74) is 4.95. The third-order valence-corrected chi connectivity index (χ3v) is 2.19. The lowest BCUT2D eigenvalue weighted by Crippen LogP contribution is -2.15. The Kier molecular flexibility index (Phi) is 2.67. The molecule has 1 aromatic rings. The molecule has 4 nitrogen and oxygen atoms in total. The largest absolute Gasteiger partial charge is 0.481 e. The van der Waals surface area contributed by atoms with Gasteiger partial charge in [0.05, 0.1) is 10.0 Å². The van der Waals surface area contributed by atoms with E-state index in [1.54, 1.807) is 0 Å². The number of anilines is 1. The van der Waals surface area contributed by atoms with Gasteiger partial charge < -0.3 is 10.8 Å². The second-order valence-corrected chi connectivity index (χ2v) is 3.72. The number of aliphatic carboxylic acids is 1. The molecule has 1 atom stereocenters. The minimum atomic E-state index is -1.15. The number of Topliss-reactive ketones (excluding diaryl/α,β-unsaturated/α-hetero) is 1. The number of carboxylic acids is 1. The summed E-state index contributed by atoms with van der Waals surface area (Å²) in [5, 5.41) is 8.44. The van der Waals surface area contributed by atoms with E-state index in [2.05, 4.69) is 0 Å². The standard InChI is InChI=1S/C11H12ClNO3/c1-6(11(15)16)4-10(14)8-3-2-7(12)5-9(8)13/h2-3,5-6H,4,13H2,1H3,(H,15,16)/i2D,3D,5D. The van der Waals surface area contributed by atoms with Crippen LogP contribution in [0.15, 0.2) is 18.1 Å². The zero-order valence-electron chi connectivity index (χ0n) is 11.5. The van der Waals surface area contributed by atoms with E-state index in [1.807, 2.05) is 0 Å². The maximum Gasteiger partial charge on any atom is 0.306 e. The molecule has 0 spiro atoms. The van der Waals surface area contributed by atoms with Crippen LogP contribution in [0.3, 0.4) is 0 Å². The van der Waals surface area contributed by atoms with Crippen LogP contribution in [0.1, 0.15) is 27.8 Å². The van der Waals surface area contributed by atoms with Crippen molar-refractivity contribution in [3.8, 4) is 0 Å². The topological polar surface area (TPSA) is 80.4 Å². The number of carboxylic acid groups (broad SMARTS) is 1.